The number of imide groups is 2. The lowest BCUT2D eigenvalue weighted by Gasteiger charge is -2.64. The number of nitrogens with zero attached hydrogens (tertiary/aromatic N) is 6. The summed E-state index contributed by atoms with van der Waals surface area (Å²) < 4.78 is 13.1. The predicted octanol–water partition coefficient (Wildman–Crippen LogP) is 1.95. The standard InChI is InChI=1S/C42H50N8O8/c1-45(2)20-32-34(57-4)17-25(18-35(32)58-5)30-21-46(3)38(53)31-22-48(15-11-27(30)31)41(56)43-13-6-14-47-23-42(24-47)12-16-49(42)26-7-8-28-29(19-26)40(55)50(39(28)54)33-9-10-36(51)44-37(33)52/h7-8,17-19,21,33H,6,9-16,20,22-24H2,1-5H3,(H,43,56)(H,44,51,52). The molecule has 1 atom stereocenters. The van der Waals surface area contributed by atoms with Crippen LogP contribution in [-0.2, 0) is 36.1 Å². The first-order valence-corrected chi connectivity index (χ1v) is 19.8. The van der Waals surface area contributed by atoms with Crippen molar-refractivity contribution in [1.82, 2.24) is 34.8 Å². The molecular formula is C42H50N8O8. The van der Waals surface area contributed by atoms with Gasteiger partial charge in [0, 0.05) is 82.3 Å². The molecule has 5 aliphatic rings. The van der Waals surface area contributed by atoms with E-state index in [0.717, 1.165) is 71.9 Å². The number of benzene rings is 2. The van der Waals surface area contributed by atoms with Gasteiger partial charge in [0.1, 0.15) is 17.5 Å². The van der Waals surface area contributed by atoms with Gasteiger partial charge >= 0.3 is 6.03 Å². The molecule has 306 valence electrons. The highest BCUT2D eigenvalue weighted by molar-refractivity contribution is 6.23. The number of carbonyl (C=O) groups excluding carboxylic acids is 5. The summed E-state index contributed by atoms with van der Waals surface area (Å²) in [6, 6.07) is 8.08. The van der Waals surface area contributed by atoms with Crippen LogP contribution in [0.15, 0.2) is 41.3 Å². The average Bonchev–Trinajstić information content (AvgIpc) is 3.42. The molecule has 2 aromatic carbocycles. The Morgan fingerprint density at radius 3 is 2.31 bits per heavy atom. The van der Waals surface area contributed by atoms with Gasteiger partial charge in [0.15, 0.2) is 0 Å². The van der Waals surface area contributed by atoms with Gasteiger partial charge in [0.05, 0.1) is 43.0 Å². The second kappa shape index (κ2) is 15.2. The van der Waals surface area contributed by atoms with Crippen molar-refractivity contribution in [2.45, 2.75) is 56.8 Å². The van der Waals surface area contributed by atoms with Crippen LogP contribution in [0, 0.1) is 0 Å². The topological polar surface area (TPSA) is 166 Å². The summed E-state index contributed by atoms with van der Waals surface area (Å²) in [7, 11) is 8.99. The monoisotopic (exact) mass is 794 g/mol. The minimum Gasteiger partial charge on any atom is -0.496 e. The molecule has 2 N–H and O–H groups in total. The Bertz CT molecular complexity index is 2260. The van der Waals surface area contributed by atoms with E-state index < -0.39 is 29.7 Å². The molecule has 16 heteroatoms. The fourth-order valence-corrected chi connectivity index (χ4v) is 9.29. The number of nitrogens with one attached hydrogen (secondary N) is 2. The number of likely N-dealkylation sites (tertiary alicyclic amines) is 1. The van der Waals surface area contributed by atoms with E-state index in [9.17, 15) is 28.8 Å². The summed E-state index contributed by atoms with van der Waals surface area (Å²) in [5.41, 5.74) is 5.53. The van der Waals surface area contributed by atoms with Crippen LogP contribution >= 0.6 is 0 Å². The zero-order chi connectivity index (χ0) is 41.0. The quantitative estimate of drug-likeness (QED) is 0.215. The van der Waals surface area contributed by atoms with Gasteiger partial charge in [-0.3, -0.25) is 39.1 Å². The van der Waals surface area contributed by atoms with E-state index in [-0.39, 0.29) is 47.6 Å². The number of anilines is 1. The number of piperidine rings is 1. The molecule has 3 saturated heterocycles. The number of hydrogen-bond acceptors (Lipinski definition) is 11. The Morgan fingerprint density at radius 2 is 1.66 bits per heavy atom. The van der Waals surface area contributed by atoms with Gasteiger partial charge in [-0.15, -0.1) is 0 Å². The van der Waals surface area contributed by atoms with E-state index in [1.165, 1.54) is 0 Å². The largest absolute Gasteiger partial charge is 0.496 e. The van der Waals surface area contributed by atoms with Crippen molar-refractivity contribution in [3.05, 3.63) is 74.7 Å². The van der Waals surface area contributed by atoms with Crippen molar-refractivity contribution in [2.24, 2.45) is 7.05 Å². The van der Waals surface area contributed by atoms with Crippen LogP contribution < -0.4 is 30.6 Å². The SMILES string of the molecule is COc1cc(-c2cn(C)c(=O)c3c2CCN(C(=O)NCCCN2CC4(CCN4c4ccc5c(c4)C(=O)N(C4CCC(=O)NC4=O)C5=O)C2)C3)cc(OC)c1CN(C)C. The van der Waals surface area contributed by atoms with Gasteiger partial charge in [-0.2, -0.15) is 0 Å². The van der Waals surface area contributed by atoms with E-state index in [1.54, 1.807) is 42.9 Å². The molecule has 0 bridgehead atoms. The average molecular weight is 795 g/mol. The van der Waals surface area contributed by atoms with Crippen molar-refractivity contribution < 1.29 is 33.4 Å². The summed E-state index contributed by atoms with van der Waals surface area (Å²) in [6.07, 6.45) is 4.36. The van der Waals surface area contributed by atoms with Crippen molar-refractivity contribution in [3.8, 4) is 22.6 Å². The maximum Gasteiger partial charge on any atom is 0.317 e. The zero-order valence-electron chi connectivity index (χ0n) is 33.7. The molecule has 8 rings (SSSR count). The van der Waals surface area contributed by atoms with Crippen molar-refractivity contribution >= 4 is 35.3 Å². The molecule has 1 unspecified atom stereocenters. The number of rotatable bonds is 11. The van der Waals surface area contributed by atoms with Crippen LogP contribution in [0.4, 0.5) is 10.5 Å². The number of methoxy groups -OCH3 is 2. The Labute approximate surface area is 336 Å². The number of hydrogen-bond donors (Lipinski definition) is 2. The van der Waals surface area contributed by atoms with Crippen LogP contribution in [0.25, 0.3) is 11.1 Å². The van der Waals surface area contributed by atoms with Gasteiger partial charge < -0.3 is 34.1 Å². The number of urea groups is 1. The lowest BCUT2D eigenvalue weighted by Crippen LogP contribution is -2.77. The van der Waals surface area contributed by atoms with Crippen molar-refractivity contribution in [1.29, 1.82) is 0 Å². The predicted molar refractivity (Wildman–Crippen MR) is 214 cm³/mol. The summed E-state index contributed by atoms with van der Waals surface area (Å²) in [6.45, 7) is 5.16. The van der Waals surface area contributed by atoms with Crippen LogP contribution in [0.1, 0.15) is 63.1 Å². The van der Waals surface area contributed by atoms with E-state index in [1.807, 2.05) is 43.4 Å². The minimum atomic E-state index is -0.995. The summed E-state index contributed by atoms with van der Waals surface area (Å²) in [5.74, 6) is -0.631. The van der Waals surface area contributed by atoms with Gasteiger partial charge in [0.25, 0.3) is 17.4 Å². The molecular weight excluding hydrogens is 745 g/mol. The highest BCUT2D eigenvalue weighted by Crippen LogP contribution is 2.44. The molecule has 1 aromatic heterocycles. The Morgan fingerprint density at radius 1 is 0.931 bits per heavy atom. The first-order valence-electron chi connectivity index (χ1n) is 19.8. The van der Waals surface area contributed by atoms with Crippen molar-refractivity contribution in [3.63, 3.8) is 0 Å². The van der Waals surface area contributed by atoms with E-state index >= 15 is 0 Å². The number of amides is 6. The van der Waals surface area contributed by atoms with Gasteiger partial charge in [-0.25, -0.2) is 4.79 Å². The van der Waals surface area contributed by atoms with Crippen LogP contribution in [0.2, 0.25) is 0 Å². The Hall–Kier alpha value is -5.74. The molecule has 0 aliphatic carbocycles. The smallest absolute Gasteiger partial charge is 0.317 e. The molecule has 58 heavy (non-hydrogen) atoms. The number of ether oxygens (including phenoxy) is 2. The van der Waals surface area contributed by atoms with Crippen LogP contribution in [0.3, 0.4) is 0 Å². The van der Waals surface area contributed by atoms with E-state index in [2.05, 4.69) is 20.4 Å². The lowest BCUT2D eigenvalue weighted by atomic mass is 9.76. The number of carbonyl (C=O) groups is 5. The van der Waals surface area contributed by atoms with Crippen molar-refractivity contribution in [2.75, 3.05) is 72.5 Å². The minimum absolute atomic E-state index is 0.0524. The molecule has 5 aliphatic heterocycles. The number of aryl methyl sites for hydroxylation is 1. The molecule has 3 aromatic rings. The third-order valence-electron chi connectivity index (χ3n) is 12.3. The van der Waals surface area contributed by atoms with Crippen LogP contribution in [-0.4, -0.2) is 133 Å². The first kappa shape index (κ1) is 39.1. The molecule has 0 radical (unpaired) electrons. The summed E-state index contributed by atoms with van der Waals surface area (Å²) in [5, 5.41) is 5.30. The first-order chi connectivity index (χ1) is 27.8. The third kappa shape index (κ3) is 6.77. The lowest BCUT2D eigenvalue weighted by molar-refractivity contribution is -0.136. The van der Waals surface area contributed by atoms with E-state index in [4.69, 9.17) is 9.47 Å². The van der Waals surface area contributed by atoms with E-state index in [0.29, 0.717) is 43.1 Å². The molecule has 16 nitrogen and oxygen atoms in total. The number of aromatic nitrogens is 1. The molecule has 6 heterocycles. The maximum atomic E-state index is 13.4. The fourth-order valence-electron chi connectivity index (χ4n) is 9.29. The normalized spacial score (nSPS) is 19.8. The zero-order valence-corrected chi connectivity index (χ0v) is 33.7. The second-order valence-electron chi connectivity index (χ2n) is 16.3. The van der Waals surface area contributed by atoms with Crippen LogP contribution in [0.5, 0.6) is 11.5 Å². The molecule has 0 saturated carbocycles. The Balaban J connectivity index is 0.847. The summed E-state index contributed by atoms with van der Waals surface area (Å²) >= 11 is 0. The molecule has 6 amide bonds. The fraction of sp³-hybridized carbons (Fsp3) is 0.476. The van der Waals surface area contributed by atoms with Gasteiger partial charge in [-0.1, -0.05) is 0 Å². The summed E-state index contributed by atoms with van der Waals surface area (Å²) in [4.78, 5) is 86.8. The van der Waals surface area contributed by atoms with Gasteiger partial charge in [-0.05, 0) is 81.2 Å². The number of pyridine rings is 1. The Kier molecular flexibility index (Phi) is 10.3. The van der Waals surface area contributed by atoms with Gasteiger partial charge in [0.2, 0.25) is 11.8 Å². The highest BCUT2D eigenvalue weighted by Gasteiger charge is 2.53. The third-order valence-corrected chi connectivity index (χ3v) is 12.3. The maximum absolute atomic E-state index is 13.4. The molecule has 3 fully saturated rings. The second-order valence-corrected chi connectivity index (χ2v) is 16.3. The number of fused-ring (bicyclic) bond motifs is 2. The highest BCUT2D eigenvalue weighted by atomic mass is 16.5. The molecule has 1 spiro atoms.